The Kier molecular flexibility index (Phi) is 6.52. The van der Waals surface area contributed by atoms with Crippen molar-refractivity contribution in [2.24, 2.45) is 5.10 Å². The van der Waals surface area contributed by atoms with Gasteiger partial charge in [0, 0.05) is 38.3 Å². The van der Waals surface area contributed by atoms with Crippen LogP contribution < -0.4 is 5.43 Å². The van der Waals surface area contributed by atoms with Gasteiger partial charge in [0.25, 0.3) is 5.91 Å². The van der Waals surface area contributed by atoms with E-state index in [0.717, 1.165) is 49.4 Å². The summed E-state index contributed by atoms with van der Waals surface area (Å²) >= 11 is 0. The summed E-state index contributed by atoms with van der Waals surface area (Å²) in [5.74, 6) is -0.0638. The standard InChI is InChI=1S/C25H28N4O/c1-20(23-13-7-11-22-10-5-6-12-24(22)23)26-27-25(30)19-29-16-14-28(15-17-29)18-21-8-3-2-4-9-21/h2-13H,14-19H2,1H3,(H,27,30). The third-order valence-electron chi connectivity index (χ3n) is 5.61. The van der Waals surface area contributed by atoms with Crippen molar-refractivity contribution >= 4 is 22.4 Å². The lowest BCUT2D eigenvalue weighted by atomic mass is 10.0. The predicted octanol–water partition coefficient (Wildman–Crippen LogP) is 3.50. The molecule has 1 fully saturated rings. The molecule has 0 aromatic heterocycles. The molecule has 0 bridgehead atoms. The molecule has 0 spiro atoms. The number of amides is 1. The van der Waals surface area contributed by atoms with Gasteiger partial charge in [-0.25, -0.2) is 5.43 Å². The lowest BCUT2D eigenvalue weighted by molar-refractivity contribution is -0.122. The van der Waals surface area contributed by atoms with Crippen LogP contribution in [0.4, 0.5) is 0 Å². The molecule has 1 aliphatic heterocycles. The Morgan fingerprint density at radius 2 is 1.53 bits per heavy atom. The van der Waals surface area contributed by atoms with Gasteiger partial charge >= 0.3 is 0 Å². The number of piperazine rings is 1. The lowest BCUT2D eigenvalue weighted by Gasteiger charge is -2.34. The Bertz CT molecular complexity index is 1020. The zero-order valence-electron chi connectivity index (χ0n) is 17.4. The number of hydrogen-bond donors (Lipinski definition) is 1. The Hall–Kier alpha value is -3.02. The molecule has 4 rings (SSSR count). The molecule has 3 aromatic carbocycles. The second-order valence-corrected chi connectivity index (χ2v) is 7.80. The minimum atomic E-state index is -0.0638. The quantitative estimate of drug-likeness (QED) is 0.509. The molecule has 0 aliphatic carbocycles. The molecular formula is C25H28N4O. The summed E-state index contributed by atoms with van der Waals surface area (Å²) in [6.45, 7) is 7.02. The van der Waals surface area contributed by atoms with E-state index in [2.05, 4.69) is 62.8 Å². The molecule has 30 heavy (non-hydrogen) atoms. The number of rotatable bonds is 6. The zero-order valence-corrected chi connectivity index (χ0v) is 17.4. The summed E-state index contributed by atoms with van der Waals surface area (Å²) in [6.07, 6.45) is 0. The average molecular weight is 401 g/mol. The highest BCUT2D eigenvalue weighted by molar-refractivity contribution is 6.09. The molecule has 1 heterocycles. The van der Waals surface area contributed by atoms with Crippen molar-refractivity contribution < 1.29 is 4.79 Å². The average Bonchev–Trinajstić information content (AvgIpc) is 2.79. The van der Waals surface area contributed by atoms with Crippen molar-refractivity contribution in [2.45, 2.75) is 13.5 Å². The molecule has 1 N–H and O–H groups in total. The van der Waals surface area contributed by atoms with Gasteiger partial charge in [-0.2, -0.15) is 5.10 Å². The molecular weight excluding hydrogens is 372 g/mol. The number of hydrazone groups is 1. The number of nitrogens with one attached hydrogen (secondary N) is 1. The van der Waals surface area contributed by atoms with Gasteiger partial charge in [0.05, 0.1) is 12.3 Å². The molecule has 0 atom stereocenters. The van der Waals surface area contributed by atoms with Crippen molar-refractivity contribution in [3.8, 4) is 0 Å². The highest BCUT2D eigenvalue weighted by atomic mass is 16.2. The number of fused-ring (bicyclic) bond motifs is 1. The Morgan fingerprint density at radius 3 is 2.33 bits per heavy atom. The highest BCUT2D eigenvalue weighted by Gasteiger charge is 2.19. The number of hydrogen-bond acceptors (Lipinski definition) is 4. The van der Waals surface area contributed by atoms with Crippen molar-refractivity contribution in [1.82, 2.24) is 15.2 Å². The summed E-state index contributed by atoms with van der Waals surface area (Å²) in [4.78, 5) is 17.0. The molecule has 1 aliphatic rings. The fraction of sp³-hybridized carbons (Fsp3) is 0.280. The number of nitrogens with zero attached hydrogens (tertiary/aromatic N) is 3. The van der Waals surface area contributed by atoms with E-state index in [1.54, 1.807) is 0 Å². The van der Waals surface area contributed by atoms with E-state index in [0.29, 0.717) is 6.54 Å². The van der Waals surface area contributed by atoms with Gasteiger partial charge in [-0.1, -0.05) is 72.8 Å². The summed E-state index contributed by atoms with van der Waals surface area (Å²) < 4.78 is 0. The normalized spacial score (nSPS) is 16.0. The first-order valence-corrected chi connectivity index (χ1v) is 10.5. The van der Waals surface area contributed by atoms with E-state index in [4.69, 9.17) is 0 Å². The third-order valence-corrected chi connectivity index (χ3v) is 5.61. The van der Waals surface area contributed by atoms with Gasteiger partial charge in [-0.3, -0.25) is 14.6 Å². The van der Waals surface area contributed by atoms with E-state index >= 15 is 0 Å². The van der Waals surface area contributed by atoms with Gasteiger partial charge in [0.15, 0.2) is 0 Å². The summed E-state index contributed by atoms with van der Waals surface area (Å²) in [6, 6.07) is 24.9. The Labute approximate surface area is 178 Å². The van der Waals surface area contributed by atoms with E-state index in [-0.39, 0.29) is 5.91 Å². The predicted molar refractivity (Wildman–Crippen MR) is 122 cm³/mol. The van der Waals surface area contributed by atoms with Gasteiger partial charge < -0.3 is 0 Å². The van der Waals surface area contributed by atoms with Crippen LogP contribution in [0.15, 0.2) is 77.9 Å². The summed E-state index contributed by atoms with van der Waals surface area (Å²) in [5, 5.41) is 6.67. The molecule has 5 heteroatoms. The van der Waals surface area contributed by atoms with Gasteiger partial charge in [-0.05, 0) is 23.3 Å². The van der Waals surface area contributed by atoms with E-state index in [1.807, 2.05) is 37.3 Å². The van der Waals surface area contributed by atoms with Crippen LogP contribution in [0, 0.1) is 0 Å². The van der Waals surface area contributed by atoms with Gasteiger partial charge in [-0.15, -0.1) is 0 Å². The maximum absolute atomic E-state index is 12.4. The topological polar surface area (TPSA) is 47.9 Å². The van der Waals surface area contributed by atoms with Crippen molar-refractivity contribution in [3.63, 3.8) is 0 Å². The summed E-state index contributed by atoms with van der Waals surface area (Å²) in [5.41, 5.74) is 5.93. The minimum absolute atomic E-state index is 0.0638. The van der Waals surface area contributed by atoms with E-state index in [1.165, 1.54) is 10.9 Å². The third kappa shape index (κ3) is 5.12. The molecule has 5 nitrogen and oxygen atoms in total. The van der Waals surface area contributed by atoms with E-state index < -0.39 is 0 Å². The van der Waals surface area contributed by atoms with Crippen LogP contribution in [0.5, 0.6) is 0 Å². The van der Waals surface area contributed by atoms with Crippen molar-refractivity contribution in [3.05, 3.63) is 83.9 Å². The monoisotopic (exact) mass is 400 g/mol. The first kappa shape index (κ1) is 20.3. The molecule has 0 radical (unpaired) electrons. The Balaban J connectivity index is 1.28. The maximum Gasteiger partial charge on any atom is 0.254 e. The van der Waals surface area contributed by atoms with Crippen LogP contribution in [0.1, 0.15) is 18.1 Å². The molecule has 0 saturated carbocycles. The van der Waals surface area contributed by atoms with Gasteiger partial charge in [0.2, 0.25) is 0 Å². The van der Waals surface area contributed by atoms with Crippen LogP contribution in [0.2, 0.25) is 0 Å². The van der Waals surface area contributed by atoms with Crippen LogP contribution in [-0.2, 0) is 11.3 Å². The van der Waals surface area contributed by atoms with Crippen LogP contribution >= 0.6 is 0 Å². The van der Waals surface area contributed by atoms with Crippen LogP contribution in [0.3, 0.4) is 0 Å². The number of benzene rings is 3. The second kappa shape index (κ2) is 9.65. The molecule has 1 saturated heterocycles. The van der Waals surface area contributed by atoms with Crippen LogP contribution in [0.25, 0.3) is 10.8 Å². The molecule has 3 aromatic rings. The first-order chi connectivity index (χ1) is 14.7. The van der Waals surface area contributed by atoms with Crippen molar-refractivity contribution in [2.75, 3.05) is 32.7 Å². The fourth-order valence-corrected chi connectivity index (χ4v) is 3.93. The number of carbonyl (C=O) groups is 1. The Morgan fingerprint density at radius 1 is 0.867 bits per heavy atom. The van der Waals surface area contributed by atoms with Crippen LogP contribution in [-0.4, -0.2) is 54.1 Å². The van der Waals surface area contributed by atoms with Crippen molar-refractivity contribution in [1.29, 1.82) is 0 Å². The SMILES string of the molecule is CC(=NNC(=O)CN1CCN(Cc2ccccc2)CC1)c1cccc2ccccc12. The maximum atomic E-state index is 12.4. The fourth-order valence-electron chi connectivity index (χ4n) is 3.93. The molecule has 0 unspecified atom stereocenters. The largest absolute Gasteiger partial charge is 0.297 e. The smallest absolute Gasteiger partial charge is 0.254 e. The zero-order chi connectivity index (χ0) is 20.8. The minimum Gasteiger partial charge on any atom is -0.297 e. The number of carbonyl (C=O) groups excluding carboxylic acids is 1. The summed E-state index contributed by atoms with van der Waals surface area (Å²) in [7, 11) is 0. The molecule has 154 valence electrons. The van der Waals surface area contributed by atoms with Gasteiger partial charge in [0.1, 0.15) is 0 Å². The van der Waals surface area contributed by atoms with E-state index in [9.17, 15) is 4.79 Å². The molecule has 1 amide bonds. The first-order valence-electron chi connectivity index (χ1n) is 10.5. The highest BCUT2D eigenvalue weighted by Crippen LogP contribution is 2.19. The second-order valence-electron chi connectivity index (χ2n) is 7.80. The lowest BCUT2D eigenvalue weighted by Crippen LogP contribution is -2.48.